The Kier molecular flexibility index (Phi) is 6.73. The number of amides is 2. The first kappa shape index (κ1) is 20.2. The van der Waals surface area contributed by atoms with E-state index in [2.05, 4.69) is 10.6 Å². The number of carbonyl (C=O) groups is 2. The van der Waals surface area contributed by atoms with Gasteiger partial charge in [0.15, 0.2) is 6.61 Å². The molecule has 2 aromatic carbocycles. The predicted octanol–water partition coefficient (Wildman–Crippen LogP) is 3.86. The highest BCUT2D eigenvalue weighted by Gasteiger charge is 2.12. The molecule has 8 nitrogen and oxygen atoms in total. The monoisotopic (exact) mass is 391 g/mol. The van der Waals surface area contributed by atoms with Crippen LogP contribution in [0.5, 0.6) is 5.75 Å². The second-order valence-electron chi connectivity index (χ2n) is 5.93. The minimum atomic E-state index is -0.576. The number of hydrogen-bond acceptors (Lipinski definition) is 5. The van der Waals surface area contributed by atoms with Gasteiger partial charge >= 0.3 is 0 Å². The summed E-state index contributed by atoms with van der Waals surface area (Å²) >= 11 is 5.91. The summed E-state index contributed by atoms with van der Waals surface area (Å²) in [6, 6.07) is 10.4. The summed E-state index contributed by atoms with van der Waals surface area (Å²) in [7, 11) is 0. The van der Waals surface area contributed by atoms with Crippen LogP contribution in [0.25, 0.3) is 0 Å². The smallest absolute Gasteiger partial charge is 0.271 e. The number of ether oxygens (including phenoxy) is 1. The molecule has 0 aromatic heterocycles. The molecule has 0 saturated carbocycles. The first-order valence-corrected chi connectivity index (χ1v) is 8.41. The maximum atomic E-state index is 12.0. The van der Waals surface area contributed by atoms with Crippen molar-refractivity contribution < 1.29 is 19.2 Å². The van der Waals surface area contributed by atoms with Crippen molar-refractivity contribution >= 4 is 40.5 Å². The Morgan fingerprint density at radius 2 is 1.81 bits per heavy atom. The van der Waals surface area contributed by atoms with Crippen LogP contribution < -0.4 is 15.4 Å². The highest BCUT2D eigenvalue weighted by atomic mass is 35.5. The van der Waals surface area contributed by atoms with Gasteiger partial charge in [-0.25, -0.2) is 0 Å². The molecule has 142 valence electrons. The summed E-state index contributed by atoms with van der Waals surface area (Å²) in [5, 5.41) is 16.1. The maximum absolute atomic E-state index is 12.0. The number of hydrogen-bond donors (Lipinski definition) is 2. The Morgan fingerprint density at radius 3 is 2.41 bits per heavy atom. The first-order valence-electron chi connectivity index (χ1n) is 8.04. The van der Waals surface area contributed by atoms with Gasteiger partial charge in [0.05, 0.1) is 9.95 Å². The second-order valence-corrected chi connectivity index (χ2v) is 6.34. The van der Waals surface area contributed by atoms with Crippen molar-refractivity contribution in [3.8, 4) is 5.75 Å². The zero-order chi connectivity index (χ0) is 20.0. The molecule has 2 amide bonds. The molecule has 0 aliphatic carbocycles. The van der Waals surface area contributed by atoms with Gasteiger partial charge in [-0.05, 0) is 24.3 Å². The van der Waals surface area contributed by atoms with Crippen molar-refractivity contribution in [1.82, 2.24) is 0 Å². The number of halogens is 1. The SMILES string of the molecule is CC(C)C(=O)Nc1cccc(NC(=O)COc2ccc([N+](=O)[O-])cc2Cl)c1. The van der Waals surface area contributed by atoms with Crippen molar-refractivity contribution in [2.75, 3.05) is 17.2 Å². The fourth-order valence-corrected chi connectivity index (χ4v) is 2.25. The summed E-state index contributed by atoms with van der Waals surface area (Å²) < 4.78 is 5.30. The van der Waals surface area contributed by atoms with Crippen molar-refractivity contribution in [3.63, 3.8) is 0 Å². The molecule has 0 bridgehead atoms. The number of nitro groups is 1. The molecule has 9 heteroatoms. The minimum Gasteiger partial charge on any atom is -0.482 e. The van der Waals surface area contributed by atoms with Crippen molar-refractivity contribution in [3.05, 3.63) is 57.6 Å². The van der Waals surface area contributed by atoms with E-state index in [0.29, 0.717) is 11.4 Å². The highest BCUT2D eigenvalue weighted by molar-refractivity contribution is 6.32. The molecule has 27 heavy (non-hydrogen) atoms. The van der Waals surface area contributed by atoms with Gasteiger partial charge in [-0.1, -0.05) is 31.5 Å². The zero-order valence-corrected chi connectivity index (χ0v) is 15.4. The van der Waals surface area contributed by atoms with E-state index in [1.54, 1.807) is 38.1 Å². The fourth-order valence-electron chi connectivity index (χ4n) is 2.02. The third kappa shape index (κ3) is 5.96. The normalized spacial score (nSPS) is 10.4. The lowest BCUT2D eigenvalue weighted by Gasteiger charge is -2.11. The van der Waals surface area contributed by atoms with E-state index in [-0.39, 0.29) is 34.9 Å². The predicted molar refractivity (Wildman–Crippen MR) is 102 cm³/mol. The van der Waals surface area contributed by atoms with E-state index in [9.17, 15) is 19.7 Å². The van der Waals surface area contributed by atoms with E-state index in [0.717, 1.165) is 6.07 Å². The topological polar surface area (TPSA) is 111 Å². The average molecular weight is 392 g/mol. The largest absolute Gasteiger partial charge is 0.482 e. The lowest BCUT2D eigenvalue weighted by Crippen LogP contribution is -2.21. The van der Waals surface area contributed by atoms with Gasteiger partial charge in [-0.2, -0.15) is 0 Å². The first-order chi connectivity index (χ1) is 12.8. The number of carbonyl (C=O) groups excluding carboxylic acids is 2. The zero-order valence-electron chi connectivity index (χ0n) is 14.7. The maximum Gasteiger partial charge on any atom is 0.271 e. The summed E-state index contributed by atoms with van der Waals surface area (Å²) in [6.07, 6.45) is 0. The van der Waals surface area contributed by atoms with Crippen LogP contribution in [0.3, 0.4) is 0 Å². The molecule has 0 aliphatic rings. The molecular formula is C18H18ClN3O5. The highest BCUT2D eigenvalue weighted by Crippen LogP contribution is 2.28. The van der Waals surface area contributed by atoms with E-state index < -0.39 is 10.8 Å². The van der Waals surface area contributed by atoms with Gasteiger partial charge in [-0.15, -0.1) is 0 Å². The molecule has 2 N–H and O–H groups in total. The van der Waals surface area contributed by atoms with Crippen LogP contribution in [0.2, 0.25) is 5.02 Å². The van der Waals surface area contributed by atoms with Crippen LogP contribution in [-0.4, -0.2) is 23.3 Å². The minimum absolute atomic E-state index is 0.0374. The van der Waals surface area contributed by atoms with Crippen LogP contribution in [-0.2, 0) is 9.59 Å². The number of nitrogens with zero attached hydrogens (tertiary/aromatic N) is 1. The van der Waals surface area contributed by atoms with Gasteiger partial charge in [0, 0.05) is 29.4 Å². The van der Waals surface area contributed by atoms with Crippen LogP contribution in [0.4, 0.5) is 17.1 Å². The summed E-state index contributed by atoms with van der Waals surface area (Å²) in [4.78, 5) is 33.9. The molecule has 0 radical (unpaired) electrons. The number of anilines is 2. The quantitative estimate of drug-likeness (QED) is 0.550. The van der Waals surface area contributed by atoms with Gasteiger partial charge in [-0.3, -0.25) is 19.7 Å². The van der Waals surface area contributed by atoms with E-state index in [1.165, 1.54) is 12.1 Å². The van der Waals surface area contributed by atoms with Crippen molar-refractivity contribution in [1.29, 1.82) is 0 Å². The lowest BCUT2D eigenvalue weighted by atomic mass is 10.2. The Labute approximate surface area is 160 Å². The number of rotatable bonds is 7. The summed E-state index contributed by atoms with van der Waals surface area (Å²) in [5.41, 5.74) is 0.878. The molecule has 0 saturated heterocycles. The molecule has 0 fully saturated rings. The Bertz CT molecular complexity index is 870. The van der Waals surface area contributed by atoms with E-state index in [4.69, 9.17) is 16.3 Å². The van der Waals surface area contributed by atoms with E-state index in [1.807, 2.05) is 0 Å². The summed E-state index contributed by atoms with van der Waals surface area (Å²) in [5.74, 6) is -0.579. The van der Waals surface area contributed by atoms with Gasteiger partial charge in [0.25, 0.3) is 11.6 Å². The Hall–Kier alpha value is -3.13. The van der Waals surface area contributed by atoms with Crippen LogP contribution in [0.1, 0.15) is 13.8 Å². The Morgan fingerprint density at radius 1 is 1.15 bits per heavy atom. The van der Waals surface area contributed by atoms with E-state index >= 15 is 0 Å². The second kappa shape index (κ2) is 9.00. The van der Waals surface area contributed by atoms with Gasteiger partial charge in [0.2, 0.25) is 5.91 Å². The number of benzene rings is 2. The molecule has 0 spiro atoms. The average Bonchev–Trinajstić information content (AvgIpc) is 2.60. The van der Waals surface area contributed by atoms with Crippen LogP contribution in [0.15, 0.2) is 42.5 Å². The molecule has 0 unspecified atom stereocenters. The van der Waals surface area contributed by atoms with Crippen LogP contribution >= 0.6 is 11.6 Å². The van der Waals surface area contributed by atoms with Crippen LogP contribution in [0, 0.1) is 16.0 Å². The van der Waals surface area contributed by atoms with Crippen molar-refractivity contribution in [2.45, 2.75) is 13.8 Å². The molecule has 0 heterocycles. The van der Waals surface area contributed by atoms with Gasteiger partial charge < -0.3 is 15.4 Å². The molecule has 2 rings (SSSR count). The number of non-ortho nitro benzene ring substituents is 1. The number of nitrogens with one attached hydrogen (secondary N) is 2. The number of nitro benzene ring substituents is 1. The molecule has 0 aliphatic heterocycles. The third-order valence-electron chi connectivity index (χ3n) is 3.42. The molecule has 0 atom stereocenters. The standard InChI is InChI=1S/C18H18ClN3O5/c1-11(2)18(24)21-13-5-3-4-12(8-13)20-17(23)10-27-16-7-6-14(22(25)26)9-15(16)19/h3-9,11H,10H2,1-2H3,(H,20,23)(H,21,24). The third-order valence-corrected chi connectivity index (χ3v) is 3.72. The van der Waals surface area contributed by atoms with Gasteiger partial charge in [0.1, 0.15) is 5.75 Å². The van der Waals surface area contributed by atoms with Crippen molar-refractivity contribution in [2.24, 2.45) is 5.92 Å². The summed E-state index contributed by atoms with van der Waals surface area (Å²) in [6.45, 7) is 3.23. The molecule has 2 aromatic rings. The molecular weight excluding hydrogens is 374 g/mol. The fraction of sp³-hybridized carbons (Fsp3) is 0.222. The Balaban J connectivity index is 1.94. The lowest BCUT2D eigenvalue weighted by molar-refractivity contribution is -0.384.